The molecule has 0 fully saturated rings. The maximum atomic E-state index is 12.7. The van der Waals surface area contributed by atoms with Gasteiger partial charge in [-0.15, -0.1) is 0 Å². The molecule has 42 heavy (non-hydrogen) atoms. The van der Waals surface area contributed by atoms with E-state index in [9.17, 15) is 9.59 Å². The van der Waals surface area contributed by atoms with Crippen LogP contribution in [0.3, 0.4) is 0 Å². The fraction of sp³-hybridized carbons (Fsp3) is 0.226. The molecule has 1 aliphatic rings. The molecule has 3 aromatic carbocycles. The molecule has 0 bridgehead atoms. The van der Waals surface area contributed by atoms with Gasteiger partial charge in [-0.2, -0.15) is 5.10 Å². The fourth-order valence-corrected chi connectivity index (χ4v) is 5.25. The highest BCUT2D eigenvalue weighted by molar-refractivity contribution is 14.1. The third-order valence-corrected chi connectivity index (χ3v) is 7.25. The SMILES string of the molecule is CCOC(=O)C1=C(C)NC(=S)N[C@@H]1c1ccccc1OCC(=O)NN=Cc1ccc(OCc2cccc(C)c2)c(I)c1. The van der Waals surface area contributed by atoms with Gasteiger partial charge in [0.2, 0.25) is 0 Å². The Balaban J connectivity index is 1.35. The highest BCUT2D eigenvalue weighted by atomic mass is 127. The van der Waals surface area contributed by atoms with Gasteiger partial charge in [-0.25, -0.2) is 10.2 Å². The van der Waals surface area contributed by atoms with E-state index in [0.717, 1.165) is 20.4 Å². The summed E-state index contributed by atoms with van der Waals surface area (Å²) in [6.45, 7) is 5.98. The van der Waals surface area contributed by atoms with Gasteiger partial charge in [0.15, 0.2) is 11.7 Å². The zero-order valence-electron chi connectivity index (χ0n) is 23.4. The van der Waals surface area contributed by atoms with Crippen LogP contribution in [0.5, 0.6) is 11.5 Å². The first-order valence-electron chi connectivity index (χ1n) is 13.2. The number of amides is 1. The van der Waals surface area contributed by atoms with Crippen LogP contribution in [0.4, 0.5) is 0 Å². The molecule has 9 nitrogen and oxygen atoms in total. The number of para-hydroxylation sites is 1. The smallest absolute Gasteiger partial charge is 0.338 e. The van der Waals surface area contributed by atoms with Crippen molar-refractivity contribution >= 4 is 58.0 Å². The van der Waals surface area contributed by atoms with E-state index in [1.165, 1.54) is 5.56 Å². The zero-order valence-corrected chi connectivity index (χ0v) is 26.4. The number of aryl methyl sites for hydroxylation is 1. The summed E-state index contributed by atoms with van der Waals surface area (Å²) in [5.41, 5.74) is 7.19. The van der Waals surface area contributed by atoms with Gasteiger partial charge in [0.05, 0.1) is 28.0 Å². The number of hydrogen-bond donors (Lipinski definition) is 3. The molecule has 1 atom stereocenters. The van der Waals surface area contributed by atoms with Crippen LogP contribution in [-0.2, 0) is 20.9 Å². The Morgan fingerprint density at radius 2 is 1.86 bits per heavy atom. The van der Waals surface area contributed by atoms with Crippen molar-refractivity contribution in [2.75, 3.05) is 13.2 Å². The first-order valence-corrected chi connectivity index (χ1v) is 14.7. The molecule has 0 saturated heterocycles. The van der Waals surface area contributed by atoms with Crippen LogP contribution < -0.4 is 25.5 Å². The van der Waals surface area contributed by atoms with E-state index in [1.54, 1.807) is 38.3 Å². The fourth-order valence-electron chi connectivity index (χ4n) is 4.29. The van der Waals surface area contributed by atoms with Crippen molar-refractivity contribution in [3.8, 4) is 11.5 Å². The minimum Gasteiger partial charge on any atom is -0.488 e. The Morgan fingerprint density at radius 1 is 1.05 bits per heavy atom. The van der Waals surface area contributed by atoms with Gasteiger partial charge in [0.1, 0.15) is 18.1 Å². The van der Waals surface area contributed by atoms with Crippen LogP contribution in [0.15, 0.2) is 83.1 Å². The summed E-state index contributed by atoms with van der Waals surface area (Å²) in [5, 5.41) is 10.5. The van der Waals surface area contributed by atoms with E-state index < -0.39 is 17.9 Å². The molecule has 11 heteroatoms. The minimum atomic E-state index is -0.610. The molecule has 0 radical (unpaired) electrons. The Labute approximate surface area is 263 Å². The van der Waals surface area contributed by atoms with Gasteiger partial charge >= 0.3 is 5.97 Å². The lowest BCUT2D eigenvalue weighted by Crippen LogP contribution is -2.45. The van der Waals surface area contributed by atoms with Gasteiger partial charge in [-0.1, -0.05) is 48.0 Å². The molecule has 0 unspecified atom stereocenters. The highest BCUT2D eigenvalue weighted by Crippen LogP contribution is 2.33. The summed E-state index contributed by atoms with van der Waals surface area (Å²) in [6.07, 6.45) is 1.55. The average molecular weight is 699 g/mol. The molecule has 0 aliphatic carbocycles. The van der Waals surface area contributed by atoms with Crippen molar-refractivity contribution in [2.24, 2.45) is 5.10 Å². The summed E-state index contributed by atoms with van der Waals surface area (Å²) in [5.74, 6) is 0.277. The summed E-state index contributed by atoms with van der Waals surface area (Å²) in [7, 11) is 0. The topological polar surface area (TPSA) is 110 Å². The number of ether oxygens (including phenoxy) is 3. The molecule has 1 heterocycles. The molecular formula is C31H31IN4O5S. The first-order chi connectivity index (χ1) is 20.2. The van der Waals surface area contributed by atoms with Crippen LogP contribution in [0, 0.1) is 10.5 Å². The lowest BCUT2D eigenvalue weighted by atomic mass is 9.95. The zero-order chi connectivity index (χ0) is 30.1. The quantitative estimate of drug-likeness (QED) is 0.0839. The number of hydrazone groups is 1. The van der Waals surface area contributed by atoms with Crippen LogP contribution in [0.2, 0.25) is 0 Å². The van der Waals surface area contributed by atoms with E-state index in [-0.39, 0.29) is 13.2 Å². The highest BCUT2D eigenvalue weighted by Gasteiger charge is 2.32. The summed E-state index contributed by atoms with van der Waals surface area (Å²) in [4.78, 5) is 25.2. The first kappa shape index (κ1) is 31.0. The van der Waals surface area contributed by atoms with Gasteiger partial charge in [-0.3, -0.25) is 4.79 Å². The molecule has 1 aliphatic heterocycles. The number of allylic oxidation sites excluding steroid dienone is 1. The Morgan fingerprint density at radius 3 is 2.62 bits per heavy atom. The predicted molar refractivity (Wildman–Crippen MR) is 173 cm³/mol. The van der Waals surface area contributed by atoms with E-state index in [1.807, 2.05) is 36.4 Å². The third-order valence-electron chi connectivity index (χ3n) is 6.19. The molecule has 1 amide bonds. The van der Waals surface area contributed by atoms with Crippen LogP contribution in [-0.4, -0.2) is 36.4 Å². The number of carbonyl (C=O) groups excluding carboxylic acids is 2. The second-order valence-electron chi connectivity index (χ2n) is 9.38. The Bertz CT molecular complexity index is 1540. The number of esters is 1. The van der Waals surface area contributed by atoms with Gasteiger partial charge in [-0.05, 0) is 91.0 Å². The Kier molecular flexibility index (Phi) is 10.9. The molecule has 218 valence electrons. The number of benzene rings is 3. The van der Waals surface area contributed by atoms with E-state index >= 15 is 0 Å². The molecule has 3 N–H and O–H groups in total. The second kappa shape index (κ2) is 14.8. The monoisotopic (exact) mass is 698 g/mol. The molecule has 3 aromatic rings. The largest absolute Gasteiger partial charge is 0.488 e. The second-order valence-corrected chi connectivity index (χ2v) is 10.9. The standard InChI is InChI=1S/C31H31IN4O5S/c1-4-39-30(38)28-20(3)34-31(42)35-29(28)23-10-5-6-11-25(23)41-18-27(37)36-33-16-21-12-13-26(24(32)15-21)40-17-22-9-7-8-19(2)14-22/h5-16,29H,4,17-18H2,1-3H3,(H,36,37)(H2,34,35,42)/t29-/m1/s1. The average Bonchev–Trinajstić information content (AvgIpc) is 2.95. The number of hydrogen-bond acceptors (Lipinski definition) is 7. The van der Waals surface area contributed by atoms with Crippen molar-refractivity contribution in [3.63, 3.8) is 0 Å². The molecule has 0 aromatic heterocycles. The van der Waals surface area contributed by atoms with E-state index in [2.05, 4.69) is 62.8 Å². The van der Waals surface area contributed by atoms with Crippen molar-refractivity contribution in [1.29, 1.82) is 0 Å². The van der Waals surface area contributed by atoms with Crippen molar-refractivity contribution in [1.82, 2.24) is 16.1 Å². The minimum absolute atomic E-state index is 0.233. The number of halogens is 1. The molecule has 4 rings (SSSR count). The molecule has 0 spiro atoms. The summed E-state index contributed by atoms with van der Waals surface area (Å²) >= 11 is 7.53. The summed E-state index contributed by atoms with van der Waals surface area (Å²) in [6, 6.07) is 20.4. The summed E-state index contributed by atoms with van der Waals surface area (Å²) < 4.78 is 18.0. The lowest BCUT2D eigenvalue weighted by Gasteiger charge is -2.30. The van der Waals surface area contributed by atoms with Gasteiger partial charge in [0, 0.05) is 11.3 Å². The normalized spacial score (nSPS) is 14.7. The van der Waals surface area contributed by atoms with Crippen LogP contribution in [0.1, 0.15) is 42.1 Å². The number of nitrogens with zero attached hydrogens (tertiary/aromatic N) is 1. The third kappa shape index (κ3) is 8.29. The number of thiocarbonyl (C=S) groups is 1. The van der Waals surface area contributed by atoms with Gasteiger partial charge in [0.25, 0.3) is 5.91 Å². The number of carbonyl (C=O) groups is 2. The van der Waals surface area contributed by atoms with E-state index in [0.29, 0.717) is 34.3 Å². The number of nitrogens with one attached hydrogen (secondary N) is 3. The predicted octanol–water partition coefficient (Wildman–Crippen LogP) is 5.06. The van der Waals surface area contributed by atoms with Crippen LogP contribution >= 0.6 is 34.8 Å². The van der Waals surface area contributed by atoms with Crippen molar-refractivity contribution in [2.45, 2.75) is 33.4 Å². The number of rotatable bonds is 11. The van der Waals surface area contributed by atoms with Crippen LogP contribution in [0.25, 0.3) is 0 Å². The van der Waals surface area contributed by atoms with E-state index in [4.69, 9.17) is 26.4 Å². The molecule has 0 saturated carbocycles. The Hall–Kier alpha value is -3.97. The molecular weight excluding hydrogens is 667 g/mol. The maximum Gasteiger partial charge on any atom is 0.338 e. The lowest BCUT2D eigenvalue weighted by molar-refractivity contribution is -0.139. The van der Waals surface area contributed by atoms with Crippen molar-refractivity contribution in [3.05, 3.63) is 104 Å². The van der Waals surface area contributed by atoms with Gasteiger partial charge < -0.3 is 24.8 Å². The van der Waals surface area contributed by atoms with Crippen molar-refractivity contribution < 1.29 is 23.8 Å². The maximum absolute atomic E-state index is 12.7.